The van der Waals surface area contributed by atoms with Gasteiger partial charge in [0.25, 0.3) is 0 Å². The number of hydrogen-bond acceptors (Lipinski definition) is 7. The SMILES string of the molecule is COc1ccc(-c2ccc(Cn3c(CC(C)(C)C(=O)O)c(SC(C)(C)C)c4cc(OC(=O)c5ccccn5)ccc43)cc2)cn1. The Kier molecular flexibility index (Phi) is 9.02. The lowest BCUT2D eigenvalue weighted by molar-refractivity contribution is -0.146. The minimum Gasteiger partial charge on any atom is -0.481 e. The molecule has 45 heavy (non-hydrogen) atoms. The van der Waals surface area contributed by atoms with E-state index in [1.54, 1.807) is 69.4 Å². The van der Waals surface area contributed by atoms with Gasteiger partial charge in [-0.2, -0.15) is 0 Å². The number of ether oxygens (including phenoxy) is 2. The maximum atomic E-state index is 12.8. The van der Waals surface area contributed by atoms with Gasteiger partial charge in [-0.25, -0.2) is 14.8 Å². The number of fused-ring (bicyclic) bond motifs is 1. The molecule has 0 spiro atoms. The lowest BCUT2D eigenvalue weighted by Crippen LogP contribution is -2.28. The van der Waals surface area contributed by atoms with Crippen molar-refractivity contribution in [1.82, 2.24) is 14.5 Å². The van der Waals surface area contributed by atoms with E-state index in [1.165, 1.54) is 0 Å². The van der Waals surface area contributed by atoms with Crippen LogP contribution < -0.4 is 9.47 Å². The first-order valence-electron chi connectivity index (χ1n) is 14.6. The molecule has 9 heteroatoms. The van der Waals surface area contributed by atoms with Gasteiger partial charge in [-0.3, -0.25) is 4.79 Å². The van der Waals surface area contributed by atoms with Gasteiger partial charge in [0.15, 0.2) is 0 Å². The summed E-state index contributed by atoms with van der Waals surface area (Å²) in [6.45, 7) is 10.4. The lowest BCUT2D eigenvalue weighted by Gasteiger charge is -2.24. The Labute approximate surface area is 267 Å². The molecule has 0 fully saturated rings. The molecule has 0 aliphatic carbocycles. The van der Waals surface area contributed by atoms with Crippen LogP contribution in [0.1, 0.15) is 56.4 Å². The van der Waals surface area contributed by atoms with Crippen molar-refractivity contribution in [2.75, 3.05) is 7.11 Å². The normalized spacial score (nSPS) is 11.9. The Morgan fingerprint density at radius 1 is 0.911 bits per heavy atom. The second-order valence-corrected chi connectivity index (χ2v) is 14.3. The van der Waals surface area contributed by atoms with Crippen molar-refractivity contribution in [3.05, 3.63) is 102 Å². The molecule has 5 aromatic rings. The molecule has 0 saturated carbocycles. The number of carbonyl (C=O) groups is 2. The average Bonchev–Trinajstić information content (AvgIpc) is 3.27. The van der Waals surface area contributed by atoms with Crippen LogP contribution in [-0.2, 0) is 17.8 Å². The van der Waals surface area contributed by atoms with Gasteiger partial charge in [0.1, 0.15) is 11.4 Å². The maximum absolute atomic E-state index is 12.8. The van der Waals surface area contributed by atoms with Crippen LogP contribution in [-0.4, -0.2) is 43.4 Å². The number of benzene rings is 2. The highest BCUT2D eigenvalue weighted by Crippen LogP contribution is 2.44. The molecule has 0 atom stereocenters. The predicted molar refractivity (Wildman–Crippen MR) is 177 cm³/mol. The molecule has 2 aromatic carbocycles. The van der Waals surface area contributed by atoms with Gasteiger partial charge >= 0.3 is 11.9 Å². The highest BCUT2D eigenvalue weighted by atomic mass is 32.2. The summed E-state index contributed by atoms with van der Waals surface area (Å²) >= 11 is 1.68. The molecule has 3 aromatic heterocycles. The lowest BCUT2D eigenvalue weighted by atomic mass is 9.88. The Morgan fingerprint density at radius 2 is 1.64 bits per heavy atom. The molecule has 0 aliphatic rings. The van der Waals surface area contributed by atoms with Crippen LogP contribution in [0.25, 0.3) is 22.0 Å². The van der Waals surface area contributed by atoms with Crippen molar-refractivity contribution in [1.29, 1.82) is 0 Å². The van der Waals surface area contributed by atoms with E-state index in [2.05, 4.69) is 59.6 Å². The molecule has 0 radical (unpaired) electrons. The van der Waals surface area contributed by atoms with Crippen molar-refractivity contribution in [3.63, 3.8) is 0 Å². The van der Waals surface area contributed by atoms with E-state index in [4.69, 9.17) is 9.47 Å². The van der Waals surface area contributed by atoms with E-state index in [0.717, 1.165) is 38.2 Å². The third-order valence-corrected chi connectivity index (χ3v) is 8.62. The number of pyridine rings is 2. The largest absolute Gasteiger partial charge is 0.481 e. The number of aliphatic carboxylic acids is 1. The number of carbonyl (C=O) groups excluding carboxylic acids is 1. The summed E-state index contributed by atoms with van der Waals surface area (Å²) in [4.78, 5) is 34.6. The molecule has 0 bridgehead atoms. The molecule has 0 saturated heterocycles. The number of thioether (sulfide) groups is 1. The zero-order valence-corrected chi connectivity index (χ0v) is 27.1. The summed E-state index contributed by atoms with van der Waals surface area (Å²) in [7, 11) is 1.59. The fourth-order valence-corrected chi connectivity index (χ4v) is 6.18. The third kappa shape index (κ3) is 7.37. The summed E-state index contributed by atoms with van der Waals surface area (Å²) in [5, 5.41) is 11.0. The van der Waals surface area contributed by atoms with E-state index in [-0.39, 0.29) is 10.4 Å². The molecule has 1 N–H and O–H groups in total. The van der Waals surface area contributed by atoms with Gasteiger partial charge in [-0.1, -0.05) is 51.1 Å². The molecule has 0 amide bonds. The Morgan fingerprint density at radius 3 is 2.24 bits per heavy atom. The smallest absolute Gasteiger partial charge is 0.362 e. The van der Waals surface area contributed by atoms with Crippen LogP contribution in [0.3, 0.4) is 0 Å². The first-order chi connectivity index (χ1) is 21.3. The fourth-order valence-electron chi connectivity index (χ4n) is 4.99. The monoisotopic (exact) mass is 623 g/mol. The van der Waals surface area contributed by atoms with E-state index in [0.29, 0.717) is 24.6 Å². The van der Waals surface area contributed by atoms with Crippen LogP contribution >= 0.6 is 11.8 Å². The summed E-state index contributed by atoms with van der Waals surface area (Å²) < 4.78 is 13.0. The molecular formula is C36H37N3O5S. The van der Waals surface area contributed by atoms with Crippen LogP contribution in [0.4, 0.5) is 0 Å². The van der Waals surface area contributed by atoms with Gasteiger partial charge in [0.2, 0.25) is 5.88 Å². The zero-order valence-electron chi connectivity index (χ0n) is 26.3. The summed E-state index contributed by atoms with van der Waals surface area (Å²) in [6, 6.07) is 22.8. The minimum absolute atomic E-state index is 0.171. The van der Waals surface area contributed by atoms with E-state index in [9.17, 15) is 14.7 Å². The number of esters is 1. The number of methoxy groups -OCH3 is 1. The van der Waals surface area contributed by atoms with Crippen LogP contribution in [0.2, 0.25) is 0 Å². The van der Waals surface area contributed by atoms with Gasteiger partial charge in [-0.05, 0) is 61.4 Å². The fraction of sp³-hybridized carbons (Fsp3) is 0.278. The quantitative estimate of drug-likeness (QED) is 0.0951. The van der Waals surface area contributed by atoms with Gasteiger partial charge in [0.05, 0.1) is 12.5 Å². The molecule has 5 rings (SSSR count). The van der Waals surface area contributed by atoms with Gasteiger partial charge in [0, 0.05) is 63.2 Å². The topological polar surface area (TPSA) is 104 Å². The van der Waals surface area contributed by atoms with Crippen LogP contribution in [0.5, 0.6) is 11.6 Å². The maximum Gasteiger partial charge on any atom is 0.362 e. The number of carboxylic acids is 1. The molecule has 3 heterocycles. The standard InChI is InChI=1S/C36H37N3O5S/c1-35(2,3)45-32-27-19-26(44-33(40)28-9-7-8-18-37-28)15-16-29(27)39(30(32)20-36(4,5)34(41)42)22-23-10-12-24(13-11-23)25-14-17-31(43-6)38-21-25/h7-19,21H,20,22H2,1-6H3,(H,41,42). The van der Waals surface area contributed by atoms with Gasteiger partial charge < -0.3 is 19.1 Å². The number of carboxylic acid groups (broad SMARTS) is 1. The zero-order chi connectivity index (χ0) is 32.4. The van der Waals surface area contributed by atoms with Crippen molar-refractivity contribution >= 4 is 34.6 Å². The first-order valence-corrected chi connectivity index (χ1v) is 15.5. The molecule has 8 nitrogen and oxygen atoms in total. The number of rotatable bonds is 10. The third-order valence-electron chi connectivity index (χ3n) is 7.35. The highest BCUT2D eigenvalue weighted by molar-refractivity contribution is 8.00. The summed E-state index contributed by atoms with van der Waals surface area (Å²) in [5.74, 6) is -0.454. The molecule has 232 valence electrons. The second kappa shape index (κ2) is 12.8. The van der Waals surface area contributed by atoms with Gasteiger partial charge in [-0.15, -0.1) is 11.8 Å². The van der Waals surface area contributed by atoms with Crippen LogP contribution in [0, 0.1) is 5.41 Å². The molecular weight excluding hydrogens is 586 g/mol. The summed E-state index contributed by atoms with van der Waals surface area (Å²) in [6.07, 6.45) is 3.65. The molecule has 0 unspecified atom stereocenters. The predicted octanol–water partition coefficient (Wildman–Crippen LogP) is 7.92. The van der Waals surface area contributed by atoms with E-state index < -0.39 is 17.4 Å². The minimum atomic E-state index is -1.02. The number of hydrogen-bond donors (Lipinski definition) is 1. The Bertz CT molecular complexity index is 1820. The Balaban J connectivity index is 1.59. The second-order valence-electron chi connectivity index (χ2n) is 12.5. The first kappa shape index (κ1) is 31.8. The van der Waals surface area contributed by atoms with Crippen LogP contribution in [0.15, 0.2) is 90.1 Å². The Hall–Kier alpha value is -4.63. The average molecular weight is 624 g/mol. The van der Waals surface area contributed by atoms with Crippen molar-refractivity contribution in [3.8, 4) is 22.8 Å². The summed E-state index contributed by atoms with van der Waals surface area (Å²) in [5.41, 5.74) is 4.13. The van der Waals surface area contributed by atoms with Crippen molar-refractivity contribution in [2.24, 2.45) is 5.41 Å². The van der Waals surface area contributed by atoms with E-state index >= 15 is 0 Å². The molecule has 0 aliphatic heterocycles. The van der Waals surface area contributed by atoms with Crippen molar-refractivity contribution in [2.45, 2.75) is 57.2 Å². The number of nitrogens with zero attached hydrogens (tertiary/aromatic N) is 3. The number of aromatic nitrogens is 3. The van der Waals surface area contributed by atoms with E-state index in [1.807, 2.05) is 24.3 Å². The highest BCUT2D eigenvalue weighted by Gasteiger charge is 2.33. The van der Waals surface area contributed by atoms with Crippen molar-refractivity contribution < 1.29 is 24.2 Å².